The molecule has 0 amide bonds. The van der Waals surface area contributed by atoms with Crippen molar-refractivity contribution in [3.63, 3.8) is 0 Å². The molecule has 0 N–H and O–H groups in total. The van der Waals surface area contributed by atoms with Gasteiger partial charge >= 0.3 is 0 Å². The van der Waals surface area contributed by atoms with E-state index in [9.17, 15) is 0 Å². The average Bonchev–Trinajstić information content (AvgIpc) is 3.60. The van der Waals surface area contributed by atoms with E-state index < -0.39 is 0 Å². The number of morpholine rings is 1. The van der Waals surface area contributed by atoms with Gasteiger partial charge in [0.15, 0.2) is 5.16 Å². The maximum Gasteiger partial charge on any atom is 0.228 e. The van der Waals surface area contributed by atoms with Crippen LogP contribution in [0.3, 0.4) is 0 Å². The Bertz CT molecular complexity index is 1150. The van der Waals surface area contributed by atoms with Crippen molar-refractivity contribution in [1.82, 2.24) is 19.9 Å². The molecule has 9 nitrogen and oxygen atoms in total. The number of anilines is 1. The van der Waals surface area contributed by atoms with Crippen molar-refractivity contribution in [2.75, 3.05) is 38.3 Å². The lowest BCUT2D eigenvalue weighted by Crippen LogP contribution is -2.38. The lowest BCUT2D eigenvalue weighted by molar-refractivity contribution is 0.121. The summed E-state index contributed by atoms with van der Waals surface area (Å²) in [6.45, 7) is 3.48. The molecule has 32 heavy (non-hydrogen) atoms. The van der Waals surface area contributed by atoms with Gasteiger partial charge < -0.3 is 23.3 Å². The minimum atomic E-state index is 0.553. The largest absolute Gasteiger partial charge is 0.496 e. The Morgan fingerprint density at radius 2 is 1.94 bits per heavy atom. The summed E-state index contributed by atoms with van der Waals surface area (Å²) in [4.78, 5) is 2.19. The fourth-order valence-corrected chi connectivity index (χ4v) is 4.39. The van der Waals surface area contributed by atoms with Gasteiger partial charge in [-0.25, -0.2) is 0 Å². The maximum atomic E-state index is 5.58. The predicted molar refractivity (Wildman–Crippen MR) is 119 cm³/mol. The van der Waals surface area contributed by atoms with Crippen LogP contribution < -0.4 is 9.64 Å². The van der Waals surface area contributed by atoms with Crippen molar-refractivity contribution >= 4 is 17.7 Å². The van der Waals surface area contributed by atoms with Crippen molar-refractivity contribution in [3.8, 4) is 17.0 Å². The molecular weight excluding hydrogens is 430 g/mol. The lowest BCUT2D eigenvalue weighted by atomic mass is 10.1. The molecule has 4 heterocycles. The fourth-order valence-electron chi connectivity index (χ4n) is 3.58. The molecular formula is C22H23N5O4S. The Balaban J connectivity index is 1.35. The second kappa shape index (κ2) is 9.49. The molecule has 0 saturated carbocycles. The van der Waals surface area contributed by atoms with E-state index in [4.69, 9.17) is 18.4 Å². The summed E-state index contributed by atoms with van der Waals surface area (Å²) in [6, 6.07) is 13.5. The van der Waals surface area contributed by atoms with Crippen molar-refractivity contribution in [2.24, 2.45) is 0 Å². The number of benzene rings is 1. The Hall–Kier alpha value is -3.24. The molecule has 3 aromatic heterocycles. The summed E-state index contributed by atoms with van der Waals surface area (Å²) >= 11 is 1.55. The molecule has 10 heteroatoms. The van der Waals surface area contributed by atoms with Crippen LogP contribution >= 0.6 is 11.8 Å². The Labute approximate surface area is 189 Å². The topological polar surface area (TPSA) is 91.6 Å². The predicted octanol–water partition coefficient (Wildman–Crippen LogP) is 3.71. The average molecular weight is 454 g/mol. The summed E-state index contributed by atoms with van der Waals surface area (Å²) in [5.41, 5.74) is 1.63. The van der Waals surface area contributed by atoms with E-state index >= 15 is 0 Å². The van der Waals surface area contributed by atoms with Crippen LogP contribution in [0.5, 0.6) is 5.75 Å². The van der Waals surface area contributed by atoms with E-state index in [0.29, 0.717) is 25.5 Å². The second-order valence-corrected chi connectivity index (χ2v) is 8.16. The van der Waals surface area contributed by atoms with Gasteiger partial charge in [0.25, 0.3) is 0 Å². The number of nitrogens with zero attached hydrogens (tertiary/aromatic N) is 5. The summed E-state index contributed by atoms with van der Waals surface area (Å²) in [5.74, 6) is 3.74. The first-order valence-corrected chi connectivity index (χ1v) is 11.3. The highest BCUT2D eigenvalue weighted by molar-refractivity contribution is 7.98. The number of methoxy groups -OCH3 is 1. The van der Waals surface area contributed by atoms with E-state index in [2.05, 4.69) is 24.8 Å². The van der Waals surface area contributed by atoms with Crippen LogP contribution in [0.4, 0.5) is 5.95 Å². The highest BCUT2D eigenvalue weighted by Crippen LogP contribution is 2.31. The molecule has 1 saturated heterocycles. The molecule has 1 aliphatic rings. The number of aromatic nitrogens is 4. The SMILES string of the molecule is COc1ccccc1-c1cc(CSc2nnc(N3CCOCC3)n2Cc2ccco2)on1. The van der Waals surface area contributed by atoms with Crippen molar-refractivity contribution < 1.29 is 18.4 Å². The Morgan fingerprint density at radius 3 is 2.75 bits per heavy atom. The van der Waals surface area contributed by atoms with E-state index in [0.717, 1.165) is 52.7 Å². The van der Waals surface area contributed by atoms with Crippen molar-refractivity contribution in [1.29, 1.82) is 0 Å². The number of furan rings is 1. The van der Waals surface area contributed by atoms with Gasteiger partial charge in [0, 0.05) is 24.7 Å². The van der Waals surface area contributed by atoms with E-state index in [1.807, 2.05) is 42.5 Å². The smallest absolute Gasteiger partial charge is 0.228 e. The van der Waals surface area contributed by atoms with Crippen LogP contribution in [0, 0.1) is 0 Å². The van der Waals surface area contributed by atoms with Gasteiger partial charge in [0.2, 0.25) is 5.95 Å². The molecule has 5 rings (SSSR count). The van der Waals surface area contributed by atoms with Crippen LogP contribution in [-0.4, -0.2) is 53.3 Å². The third-order valence-corrected chi connectivity index (χ3v) is 6.16. The van der Waals surface area contributed by atoms with E-state index in [-0.39, 0.29) is 0 Å². The number of ether oxygens (including phenoxy) is 2. The molecule has 166 valence electrons. The van der Waals surface area contributed by atoms with Gasteiger partial charge in [-0.1, -0.05) is 29.1 Å². The molecule has 0 unspecified atom stereocenters. The number of para-hydroxylation sites is 1. The van der Waals surface area contributed by atoms with Gasteiger partial charge in [-0.15, -0.1) is 10.2 Å². The number of hydrogen-bond acceptors (Lipinski definition) is 9. The quantitative estimate of drug-likeness (QED) is 0.370. The summed E-state index contributed by atoms with van der Waals surface area (Å²) in [7, 11) is 1.65. The molecule has 0 atom stereocenters. The van der Waals surface area contributed by atoms with Crippen LogP contribution in [0.25, 0.3) is 11.3 Å². The third kappa shape index (κ3) is 4.37. The molecule has 0 bridgehead atoms. The maximum absolute atomic E-state index is 5.58. The summed E-state index contributed by atoms with van der Waals surface area (Å²) in [5, 5.41) is 13.9. The van der Waals surface area contributed by atoms with Gasteiger partial charge in [0.1, 0.15) is 23.0 Å². The van der Waals surface area contributed by atoms with Gasteiger partial charge in [-0.3, -0.25) is 4.57 Å². The standard InChI is InChI=1S/C22H23N5O4S/c1-28-20-7-3-2-6-18(20)19-13-17(31-25-19)15-32-22-24-23-21(26-8-11-29-12-9-26)27(22)14-16-5-4-10-30-16/h2-7,10,13H,8-9,11-12,14-15H2,1H3. The first kappa shape index (κ1) is 20.7. The molecule has 1 aromatic carbocycles. The van der Waals surface area contributed by atoms with Gasteiger partial charge in [0.05, 0.1) is 38.9 Å². The molecule has 1 aliphatic heterocycles. The molecule has 0 spiro atoms. The van der Waals surface area contributed by atoms with Crippen LogP contribution in [0.1, 0.15) is 11.5 Å². The first-order chi connectivity index (χ1) is 15.8. The van der Waals surface area contributed by atoms with Crippen LogP contribution in [0.2, 0.25) is 0 Å². The molecule has 0 radical (unpaired) electrons. The molecule has 0 aliphatic carbocycles. The second-order valence-electron chi connectivity index (χ2n) is 7.21. The van der Waals surface area contributed by atoms with Crippen LogP contribution in [-0.2, 0) is 17.0 Å². The fraction of sp³-hybridized carbons (Fsp3) is 0.318. The van der Waals surface area contributed by atoms with Crippen molar-refractivity contribution in [3.05, 3.63) is 60.2 Å². The number of thioether (sulfide) groups is 1. The number of hydrogen-bond donors (Lipinski definition) is 0. The zero-order valence-electron chi connectivity index (χ0n) is 17.6. The van der Waals surface area contributed by atoms with Crippen LogP contribution in [0.15, 0.2) is 62.8 Å². The molecule has 4 aromatic rings. The Morgan fingerprint density at radius 1 is 1.06 bits per heavy atom. The zero-order valence-corrected chi connectivity index (χ0v) is 18.5. The Kier molecular flexibility index (Phi) is 6.13. The minimum Gasteiger partial charge on any atom is -0.496 e. The van der Waals surface area contributed by atoms with E-state index in [1.54, 1.807) is 25.1 Å². The van der Waals surface area contributed by atoms with Crippen molar-refractivity contribution in [2.45, 2.75) is 17.5 Å². The third-order valence-electron chi connectivity index (χ3n) is 5.17. The first-order valence-electron chi connectivity index (χ1n) is 10.3. The van der Waals surface area contributed by atoms with Gasteiger partial charge in [-0.2, -0.15) is 0 Å². The van der Waals surface area contributed by atoms with E-state index in [1.165, 1.54) is 0 Å². The number of rotatable bonds is 8. The lowest BCUT2D eigenvalue weighted by Gasteiger charge is -2.27. The minimum absolute atomic E-state index is 0.553. The highest BCUT2D eigenvalue weighted by Gasteiger charge is 2.22. The highest BCUT2D eigenvalue weighted by atomic mass is 32.2. The molecule has 1 fully saturated rings. The monoisotopic (exact) mass is 453 g/mol. The summed E-state index contributed by atoms with van der Waals surface area (Å²) < 4.78 is 24.1. The normalized spacial score (nSPS) is 14.1. The van der Waals surface area contributed by atoms with Gasteiger partial charge in [-0.05, 0) is 24.3 Å². The zero-order chi connectivity index (χ0) is 21.8. The summed E-state index contributed by atoms with van der Waals surface area (Å²) in [6.07, 6.45) is 1.68.